The number of hydrogen-bond donors (Lipinski definition) is 2. The van der Waals surface area contributed by atoms with Gasteiger partial charge >= 0.3 is 0 Å². The Morgan fingerprint density at radius 1 is 1.15 bits per heavy atom. The lowest BCUT2D eigenvalue weighted by atomic mass is 9.89. The molecule has 0 radical (unpaired) electrons. The summed E-state index contributed by atoms with van der Waals surface area (Å²) in [6.45, 7) is 0.221. The van der Waals surface area contributed by atoms with E-state index in [0.717, 1.165) is 10.0 Å². The van der Waals surface area contributed by atoms with Crippen LogP contribution in [-0.2, 0) is 0 Å². The second-order valence-electron chi connectivity index (χ2n) is 4.48. The van der Waals surface area contributed by atoms with Gasteiger partial charge in [-0.1, -0.05) is 50.1 Å². The SMILES string of the molecule is NCC(c1cccc(Br)c1)C(O)c1c(F)cccc1Br. The van der Waals surface area contributed by atoms with E-state index in [1.54, 1.807) is 12.1 Å². The van der Waals surface area contributed by atoms with Crippen LogP contribution in [0, 0.1) is 5.82 Å². The summed E-state index contributed by atoms with van der Waals surface area (Å²) >= 11 is 6.67. The van der Waals surface area contributed by atoms with Crippen molar-refractivity contribution >= 4 is 31.9 Å². The highest BCUT2D eigenvalue weighted by molar-refractivity contribution is 9.10. The third-order valence-corrected chi connectivity index (χ3v) is 4.39. The monoisotopic (exact) mass is 401 g/mol. The van der Waals surface area contributed by atoms with E-state index < -0.39 is 11.9 Å². The third-order valence-electron chi connectivity index (χ3n) is 3.21. The molecule has 0 spiro atoms. The first kappa shape index (κ1) is 15.6. The molecule has 2 rings (SSSR count). The van der Waals surface area contributed by atoms with Crippen LogP contribution < -0.4 is 5.73 Å². The van der Waals surface area contributed by atoms with Gasteiger partial charge in [-0.2, -0.15) is 0 Å². The van der Waals surface area contributed by atoms with Crippen molar-refractivity contribution in [3.05, 3.63) is 68.4 Å². The Labute approximate surface area is 134 Å². The standard InChI is InChI=1S/C15H14Br2FNO/c16-10-4-1-3-9(7-10)11(8-19)15(20)14-12(17)5-2-6-13(14)18/h1-7,11,15,20H,8,19H2. The van der Waals surface area contributed by atoms with Crippen molar-refractivity contribution in [3.8, 4) is 0 Å². The first-order chi connectivity index (χ1) is 9.54. The topological polar surface area (TPSA) is 46.2 Å². The molecule has 0 saturated heterocycles. The van der Waals surface area contributed by atoms with E-state index in [1.807, 2.05) is 24.3 Å². The highest BCUT2D eigenvalue weighted by Gasteiger charge is 2.26. The predicted molar refractivity (Wildman–Crippen MR) is 85.0 cm³/mol. The minimum atomic E-state index is -1.01. The van der Waals surface area contributed by atoms with Crippen molar-refractivity contribution in [1.29, 1.82) is 0 Å². The molecule has 0 amide bonds. The van der Waals surface area contributed by atoms with Gasteiger partial charge in [0.05, 0.1) is 6.10 Å². The molecule has 0 saturated carbocycles. The number of aliphatic hydroxyl groups excluding tert-OH is 1. The first-order valence-corrected chi connectivity index (χ1v) is 7.70. The molecule has 2 nitrogen and oxygen atoms in total. The highest BCUT2D eigenvalue weighted by Crippen LogP contribution is 2.36. The molecule has 2 aromatic rings. The maximum atomic E-state index is 14.0. The van der Waals surface area contributed by atoms with E-state index in [-0.39, 0.29) is 18.0 Å². The number of rotatable bonds is 4. The molecule has 0 aliphatic carbocycles. The molecule has 0 aromatic heterocycles. The Morgan fingerprint density at radius 3 is 2.45 bits per heavy atom. The highest BCUT2D eigenvalue weighted by atomic mass is 79.9. The van der Waals surface area contributed by atoms with Crippen LogP contribution in [-0.4, -0.2) is 11.7 Å². The molecular weight excluding hydrogens is 389 g/mol. The maximum absolute atomic E-state index is 14.0. The van der Waals surface area contributed by atoms with E-state index >= 15 is 0 Å². The van der Waals surface area contributed by atoms with Crippen LogP contribution in [0.3, 0.4) is 0 Å². The number of aliphatic hydroxyl groups is 1. The van der Waals surface area contributed by atoms with Crippen LogP contribution >= 0.6 is 31.9 Å². The second-order valence-corrected chi connectivity index (χ2v) is 6.25. The summed E-state index contributed by atoms with van der Waals surface area (Å²) in [5.41, 5.74) is 6.88. The second kappa shape index (κ2) is 6.80. The van der Waals surface area contributed by atoms with Gasteiger partial charge in [0.2, 0.25) is 0 Å². The zero-order valence-corrected chi connectivity index (χ0v) is 13.7. The Hall–Kier alpha value is -0.750. The van der Waals surface area contributed by atoms with Crippen molar-refractivity contribution in [2.24, 2.45) is 5.73 Å². The summed E-state index contributed by atoms with van der Waals surface area (Å²) < 4.78 is 15.4. The van der Waals surface area contributed by atoms with E-state index in [1.165, 1.54) is 6.07 Å². The van der Waals surface area contributed by atoms with Gasteiger partial charge in [-0.25, -0.2) is 4.39 Å². The van der Waals surface area contributed by atoms with Crippen molar-refractivity contribution < 1.29 is 9.50 Å². The lowest BCUT2D eigenvalue weighted by Gasteiger charge is -2.23. The Morgan fingerprint density at radius 2 is 1.85 bits per heavy atom. The van der Waals surface area contributed by atoms with Crippen molar-refractivity contribution in [2.45, 2.75) is 12.0 Å². The average molecular weight is 403 g/mol. The lowest BCUT2D eigenvalue weighted by molar-refractivity contribution is 0.142. The van der Waals surface area contributed by atoms with Crippen LogP contribution in [0.15, 0.2) is 51.4 Å². The van der Waals surface area contributed by atoms with Crippen LogP contribution in [0.2, 0.25) is 0 Å². The molecule has 0 aliphatic rings. The van der Waals surface area contributed by atoms with Crippen molar-refractivity contribution in [2.75, 3.05) is 6.54 Å². The summed E-state index contributed by atoms with van der Waals surface area (Å²) in [6.07, 6.45) is -1.01. The minimum absolute atomic E-state index is 0.221. The number of benzene rings is 2. The van der Waals surface area contributed by atoms with E-state index in [2.05, 4.69) is 31.9 Å². The zero-order valence-electron chi connectivity index (χ0n) is 10.6. The quantitative estimate of drug-likeness (QED) is 0.807. The van der Waals surface area contributed by atoms with E-state index in [9.17, 15) is 9.50 Å². The molecule has 0 heterocycles. The fourth-order valence-electron chi connectivity index (χ4n) is 2.18. The number of hydrogen-bond acceptors (Lipinski definition) is 2. The molecule has 20 heavy (non-hydrogen) atoms. The minimum Gasteiger partial charge on any atom is -0.388 e. The fourth-order valence-corrected chi connectivity index (χ4v) is 3.17. The zero-order chi connectivity index (χ0) is 14.7. The molecule has 5 heteroatoms. The Bertz CT molecular complexity index is 586. The van der Waals surface area contributed by atoms with Crippen LogP contribution in [0.4, 0.5) is 4.39 Å². The van der Waals surface area contributed by atoms with Gasteiger partial charge in [-0.15, -0.1) is 0 Å². The summed E-state index contributed by atoms with van der Waals surface area (Å²) in [5.74, 6) is -0.818. The Balaban J connectivity index is 2.41. The molecule has 106 valence electrons. The average Bonchev–Trinajstić information content (AvgIpc) is 2.39. The van der Waals surface area contributed by atoms with Crippen LogP contribution in [0.5, 0.6) is 0 Å². The largest absolute Gasteiger partial charge is 0.388 e. The maximum Gasteiger partial charge on any atom is 0.130 e. The third kappa shape index (κ3) is 3.28. The summed E-state index contributed by atoms with van der Waals surface area (Å²) in [7, 11) is 0. The molecule has 0 aliphatic heterocycles. The summed E-state index contributed by atoms with van der Waals surface area (Å²) in [5, 5.41) is 10.5. The predicted octanol–water partition coefficient (Wildman–Crippen LogP) is 4.13. The molecule has 3 N–H and O–H groups in total. The van der Waals surface area contributed by atoms with Crippen molar-refractivity contribution in [3.63, 3.8) is 0 Å². The molecule has 2 unspecified atom stereocenters. The fraction of sp³-hybridized carbons (Fsp3) is 0.200. The van der Waals surface area contributed by atoms with Gasteiger partial charge in [0.15, 0.2) is 0 Å². The summed E-state index contributed by atoms with van der Waals surface area (Å²) in [4.78, 5) is 0. The molecule has 0 bridgehead atoms. The lowest BCUT2D eigenvalue weighted by Crippen LogP contribution is -2.21. The number of halogens is 3. The van der Waals surface area contributed by atoms with Crippen LogP contribution in [0.25, 0.3) is 0 Å². The van der Waals surface area contributed by atoms with Gasteiger partial charge in [0.25, 0.3) is 0 Å². The molecule has 0 fully saturated rings. The Kier molecular flexibility index (Phi) is 5.32. The smallest absolute Gasteiger partial charge is 0.130 e. The van der Waals surface area contributed by atoms with Gasteiger partial charge in [-0.3, -0.25) is 0 Å². The molecule has 2 aromatic carbocycles. The van der Waals surface area contributed by atoms with E-state index in [4.69, 9.17) is 5.73 Å². The van der Waals surface area contributed by atoms with Gasteiger partial charge in [-0.05, 0) is 29.8 Å². The van der Waals surface area contributed by atoms with Gasteiger partial charge in [0, 0.05) is 27.0 Å². The van der Waals surface area contributed by atoms with Gasteiger partial charge < -0.3 is 10.8 Å². The van der Waals surface area contributed by atoms with Crippen molar-refractivity contribution in [1.82, 2.24) is 0 Å². The van der Waals surface area contributed by atoms with Gasteiger partial charge in [0.1, 0.15) is 5.82 Å². The van der Waals surface area contributed by atoms with E-state index in [0.29, 0.717) is 4.47 Å². The normalized spacial score (nSPS) is 14.1. The summed E-state index contributed by atoms with van der Waals surface area (Å²) in [6, 6.07) is 12.1. The molecular formula is C15H14Br2FNO. The molecule has 2 atom stereocenters. The number of nitrogens with two attached hydrogens (primary N) is 1. The van der Waals surface area contributed by atoms with Crippen LogP contribution in [0.1, 0.15) is 23.1 Å². The first-order valence-electron chi connectivity index (χ1n) is 6.12.